The molecule has 0 saturated heterocycles. The summed E-state index contributed by atoms with van der Waals surface area (Å²) in [4.78, 5) is 21.7. The Bertz CT molecular complexity index is 150. The van der Waals surface area contributed by atoms with E-state index in [9.17, 15) is 4.79 Å². The van der Waals surface area contributed by atoms with Crippen LogP contribution in [0.4, 0.5) is 0 Å². The first kappa shape index (κ1) is 13.4. The van der Waals surface area contributed by atoms with Crippen molar-refractivity contribution in [1.29, 1.82) is 0 Å². The number of isocyanates is 1. The zero-order valence-corrected chi connectivity index (χ0v) is 7.54. The fourth-order valence-corrected chi connectivity index (χ4v) is 0.526. The van der Waals surface area contributed by atoms with Crippen molar-refractivity contribution in [2.45, 2.75) is 32.6 Å². The molecule has 0 saturated carbocycles. The monoisotopic (exact) mass is 173 g/mol. The molecule has 0 aromatic rings. The number of aliphatic imine (C=N–C) groups is 1. The molecule has 0 aromatic heterocycles. The number of carbonyl (C=O) groups is 1. The molecule has 0 atom stereocenters. The summed E-state index contributed by atoms with van der Waals surface area (Å²) in [6.45, 7) is 2.06. The highest BCUT2D eigenvalue weighted by molar-refractivity contribution is 5.66. The maximum Gasteiger partial charge on any atom is 0.303 e. The van der Waals surface area contributed by atoms with Crippen molar-refractivity contribution in [3.05, 3.63) is 0 Å². The number of carbonyl (C=O) groups excluding carboxylic acids is 1. The number of aliphatic carboxylic acids is 1. The zero-order chi connectivity index (χ0) is 9.82. The molecule has 0 spiro atoms. The molecule has 12 heavy (non-hydrogen) atoms. The van der Waals surface area contributed by atoms with E-state index in [0.717, 1.165) is 19.3 Å². The van der Waals surface area contributed by atoms with Crippen molar-refractivity contribution in [2.24, 2.45) is 4.99 Å². The Labute approximate surface area is 72.3 Å². The predicted octanol–water partition coefficient (Wildman–Crippen LogP) is 1.60. The lowest BCUT2D eigenvalue weighted by Gasteiger charge is -1.89. The summed E-state index contributed by atoms with van der Waals surface area (Å²) >= 11 is 0. The van der Waals surface area contributed by atoms with Crippen molar-refractivity contribution < 1.29 is 14.7 Å². The van der Waals surface area contributed by atoms with Gasteiger partial charge in [0.15, 0.2) is 0 Å². The van der Waals surface area contributed by atoms with Crippen LogP contribution in [-0.4, -0.2) is 24.2 Å². The first-order chi connectivity index (χ1) is 5.68. The highest BCUT2D eigenvalue weighted by atomic mass is 16.4. The molecule has 0 bridgehead atoms. The van der Waals surface area contributed by atoms with E-state index in [2.05, 4.69) is 11.9 Å². The highest BCUT2D eigenvalue weighted by Crippen LogP contribution is 1.97. The topological polar surface area (TPSA) is 66.7 Å². The quantitative estimate of drug-likeness (QED) is 0.399. The van der Waals surface area contributed by atoms with Gasteiger partial charge in [0.1, 0.15) is 0 Å². The second kappa shape index (κ2) is 12.5. The molecule has 0 aromatic carbocycles. The molecular weight excluding hydrogens is 158 g/mol. The average Bonchev–Trinajstić information content (AvgIpc) is 2.05. The largest absolute Gasteiger partial charge is 0.481 e. The summed E-state index contributed by atoms with van der Waals surface area (Å²) in [6, 6.07) is 0. The maximum atomic E-state index is 9.87. The van der Waals surface area contributed by atoms with Gasteiger partial charge in [-0.3, -0.25) is 4.79 Å². The Hall–Kier alpha value is -1.15. The molecule has 4 heteroatoms. The molecule has 0 heterocycles. The van der Waals surface area contributed by atoms with Gasteiger partial charge in [-0.1, -0.05) is 19.8 Å². The van der Waals surface area contributed by atoms with Gasteiger partial charge in [0.05, 0.1) is 0 Å². The molecule has 0 fully saturated rings. The van der Waals surface area contributed by atoms with Crippen LogP contribution >= 0.6 is 0 Å². The number of carboxylic acid groups (broad SMARTS) is 1. The SMILES string of the molecule is CCCCCC(=O)O.CN=C=O. The van der Waals surface area contributed by atoms with E-state index in [4.69, 9.17) is 9.90 Å². The van der Waals surface area contributed by atoms with Crippen molar-refractivity contribution in [3.8, 4) is 0 Å². The second-order valence-corrected chi connectivity index (χ2v) is 2.17. The third-order valence-corrected chi connectivity index (χ3v) is 1.09. The van der Waals surface area contributed by atoms with Gasteiger partial charge in [-0.25, -0.2) is 9.79 Å². The molecule has 70 valence electrons. The van der Waals surface area contributed by atoms with Crippen LogP contribution in [0.2, 0.25) is 0 Å². The summed E-state index contributed by atoms with van der Waals surface area (Å²) < 4.78 is 0. The average molecular weight is 173 g/mol. The lowest BCUT2D eigenvalue weighted by molar-refractivity contribution is -0.137. The van der Waals surface area contributed by atoms with Gasteiger partial charge in [0, 0.05) is 13.5 Å². The third-order valence-electron chi connectivity index (χ3n) is 1.09. The number of rotatable bonds is 4. The van der Waals surface area contributed by atoms with Crippen molar-refractivity contribution >= 4 is 12.0 Å². The predicted molar refractivity (Wildman–Crippen MR) is 45.8 cm³/mol. The minimum Gasteiger partial charge on any atom is -0.481 e. The van der Waals surface area contributed by atoms with Gasteiger partial charge in [-0.15, -0.1) is 0 Å². The van der Waals surface area contributed by atoms with Gasteiger partial charge in [-0.05, 0) is 6.42 Å². The number of hydrogen-bond donors (Lipinski definition) is 1. The zero-order valence-electron chi connectivity index (χ0n) is 7.54. The number of carboxylic acids is 1. The van der Waals surface area contributed by atoms with E-state index in [1.54, 1.807) is 0 Å². The summed E-state index contributed by atoms with van der Waals surface area (Å²) in [6.07, 6.45) is 4.58. The van der Waals surface area contributed by atoms with E-state index in [0.29, 0.717) is 6.42 Å². The Kier molecular flexibility index (Phi) is 14.0. The molecule has 4 nitrogen and oxygen atoms in total. The van der Waals surface area contributed by atoms with Crippen molar-refractivity contribution in [2.75, 3.05) is 7.05 Å². The summed E-state index contributed by atoms with van der Waals surface area (Å²) in [7, 11) is 1.38. The molecule has 0 aliphatic heterocycles. The van der Waals surface area contributed by atoms with Crippen LogP contribution in [0.15, 0.2) is 4.99 Å². The van der Waals surface area contributed by atoms with Crippen LogP contribution in [0, 0.1) is 0 Å². The summed E-state index contributed by atoms with van der Waals surface area (Å²) in [5.74, 6) is -0.682. The first-order valence-electron chi connectivity index (χ1n) is 3.86. The molecule has 0 unspecified atom stereocenters. The van der Waals surface area contributed by atoms with Crippen LogP contribution in [0.3, 0.4) is 0 Å². The van der Waals surface area contributed by atoms with Crippen molar-refractivity contribution in [3.63, 3.8) is 0 Å². The van der Waals surface area contributed by atoms with E-state index >= 15 is 0 Å². The number of hydrogen-bond acceptors (Lipinski definition) is 3. The molecule has 0 amide bonds. The minimum absolute atomic E-state index is 0.327. The standard InChI is InChI=1S/C6H12O2.C2H3NO/c1-2-3-4-5-6(7)8;1-3-2-4/h2-5H2,1H3,(H,7,8);1H3. The smallest absolute Gasteiger partial charge is 0.303 e. The Morgan fingerprint density at radius 3 is 2.25 bits per heavy atom. The normalized spacial score (nSPS) is 7.50. The fraction of sp³-hybridized carbons (Fsp3) is 0.750. The Morgan fingerprint density at radius 2 is 2.00 bits per heavy atom. The van der Waals surface area contributed by atoms with Crippen molar-refractivity contribution in [1.82, 2.24) is 0 Å². The fourth-order valence-electron chi connectivity index (χ4n) is 0.526. The Morgan fingerprint density at radius 1 is 1.50 bits per heavy atom. The van der Waals surface area contributed by atoms with Gasteiger partial charge in [-0.2, -0.15) is 0 Å². The highest BCUT2D eigenvalue weighted by Gasteiger charge is 1.92. The van der Waals surface area contributed by atoms with E-state index in [1.807, 2.05) is 0 Å². The van der Waals surface area contributed by atoms with E-state index in [-0.39, 0.29) is 0 Å². The molecule has 0 radical (unpaired) electrons. The van der Waals surface area contributed by atoms with E-state index < -0.39 is 5.97 Å². The van der Waals surface area contributed by atoms with Crippen LogP contribution in [0.25, 0.3) is 0 Å². The van der Waals surface area contributed by atoms with Crippen LogP contribution < -0.4 is 0 Å². The van der Waals surface area contributed by atoms with Gasteiger partial charge in [0.25, 0.3) is 0 Å². The molecular formula is C8H15NO3. The van der Waals surface area contributed by atoms with Crippen LogP contribution in [0.1, 0.15) is 32.6 Å². The third kappa shape index (κ3) is 23.2. The van der Waals surface area contributed by atoms with Gasteiger partial charge >= 0.3 is 5.97 Å². The summed E-state index contributed by atoms with van der Waals surface area (Å²) in [5, 5.41) is 8.14. The molecule has 0 rings (SSSR count). The summed E-state index contributed by atoms with van der Waals surface area (Å²) in [5.41, 5.74) is 0. The number of nitrogens with zero attached hydrogens (tertiary/aromatic N) is 1. The van der Waals surface area contributed by atoms with E-state index in [1.165, 1.54) is 13.1 Å². The minimum atomic E-state index is -0.682. The molecule has 1 N–H and O–H groups in total. The lowest BCUT2D eigenvalue weighted by atomic mass is 10.2. The lowest BCUT2D eigenvalue weighted by Crippen LogP contribution is -1.92. The van der Waals surface area contributed by atoms with Gasteiger partial charge in [0.2, 0.25) is 6.08 Å². The molecule has 0 aliphatic carbocycles. The first-order valence-corrected chi connectivity index (χ1v) is 3.86. The number of unbranched alkanes of at least 4 members (excludes halogenated alkanes) is 2. The van der Waals surface area contributed by atoms with Crippen LogP contribution in [0.5, 0.6) is 0 Å². The Balaban J connectivity index is 0. The van der Waals surface area contributed by atoms with Crippen LogP contribution in [-0.2, 0) is 9.59 Å². The second-order valence-electron chi connectivity index (χ2n) is 2.17. The maximum absolute atomic E-state index is 9.87. The molecule has 0 aliphatic rings. The van der Waals surface area contributed by atoms with Gasteiger partial charge < -0.3 is 5.11 Å².